The maximum Gasteiger partial charge on any atom is 0.258 e. The fourth-order valence-electron chi connectivity index (χ4n) is 2.47. The van der Waals surface area contributed by atoms with Gasteiger partial charge >= 0.3 is 0 Å². The standard InChI is InChI=1S/C16H15NO2/c1-11-6-7-15(18)14(8-11)16(19)17-9-12-4-2-3-5-13(12)10-17/h2-8,18H,9-10H2,1H3. The van der Waals surface area contributed by atoms with Crippen molar-refractivity contribution in [3.8, 4) is 5.75 Å². The highest BCUT2D eigenvalue weighted by Crippen LogP contribution is 2.27. The molecule has 2 aromatic carbocycles. The van der Waals surface area contributed by atoms with Gasteiger partial charge in [0.1, 0.15) is 5.75 Å². The Labute approximate surface area is 112 Å². The molecule has 0 saturated carbocycles. The molecule has 0 saturated heterocycles. The molecule has 0 radical (unpaired) electrons. The van der Waals surface area contributed by atoms with Crippen LogP contribution in [0.25, 0.3) is 0 Å². The molecule has 1 aliphatic heterocycles. The third kappa shape index (κ3) is 2.08. The van der Waals surface area contributed by atoms with Crippen molar-refractivity contribution in [1.82, 2.24) is 4.90 Å². The lowest BCUT2D eigenvalue weighted by molar-refractivity contribution is 0.0748. The molecule has 3 rings (SSSR count). The Morgan fingerprint density at radius 2 is 1.74 bits per heavy atom. The first-order valence-corrected chi connectivity index (χ1v) is 6.31. The molecule has 0 aromatic heterocycles. The van der Waals surface area contributed by atoms with Gasteiger partial charge in [0, 0.05) is 13.1 Å². The van der Waals surface area contributed by atoms with Crippen LogP contribution in [0.2, 0.25) is 0 Å². The van der Waals surface area contributed by atoms with Gasteiger partial charge < -0.3 is 10.0 Å². The number of aromatic hydroxyl groups is 1. The Kier molecular flexibility index (Phi) is 2.75. The number of rotatable bonds is 1. The molecule has 0 spiro atoms. The summed E-state index contributed by atoms with van der Waals surface area (Å²) in [5.41, 5.74) is 3.72. The van der Waals surface area contributed by atoms with Gasteiger partial charge in [-0.05, 0) is 30.2 Å². The van der Waals surface area contributed by atoms with Crippen molar-refractivity contribution < 1.29 is 9.90 Å². The Bertz CT molecular complexity index is 624. The van der Waals surface area contributed by atoms with Gasteiger partial charge in [0.25, 0.3) is 5.91 Å². The van der Waals surface area contributed by atoms with Crippen LogP contribution in [0.3, 0.4) is 0 Å². The summed E-state index contributed by atoms with van der Waals surface area (Å²) >= 11 is 0. The molecule has 0 unspecified atom stereocenters. The van der Waals surface area contributed by atoms with Crippen LogP contribution in [-0.4, -0.2) is 15.9 Å². The number of carbonyl (C=O) groups excluding carboxylic acids is 1. The van der Waals surface area contributed by atoms with Crippen molar-refractivity contribution in [2.75, 3.05) is 0 Å². The van der Waals surface area contributed by atoms with E-state index in [2.05, 4.69) is 0 Å². The highest BCUT2D eigenvalue weighted by molar-refractivity contribution is 5.97. The largest absolute Gasteiger partial charge is 0.507 e. The molecule has 3 nitrogen and oxygen atoms in total. The highest BCUT2D eigenvalue weighted by Gasteiger charge is 2.25. The maximum absolute atomic E-state index is 12.5. The Morgan fingerprint density at radius 1 is 1.11 bits per heavy atom. The van der Waals surface area contributed by atoms with Crippen molar-refractivity contribution in [1.29, 1.82) is 0 Å². The molecule has 0 bridgehead atoms. The molecule has 1 heterocycles. The van der Waals surface area contributed by atoms with E-state index in [-0.39, 0.29) is 11.7 Å². The van der Waals surface area contributed by atoms with Crippen molar-refractivity contribution in [3.05, 3.63) is 64.7 Å². The van der Waals surface area contributed by atoms with Crippen LogP contribution < -0.4 is 0 Å². The number of hydrogen-bond acceptors (Lipinski definition) is 2. The van der Waals surface area contributed by atoms with Crippen LogP contribution in [-0.2, 0) is 13.1 Å². The van der Waals surface area contributed by atoms with E-state index in [0.717, 1.165) is 5.56 Å². The molecular formula is C16H15NO2. The average Bonchev–Trinajstić information content (AvgIpc) is 2.84. The fraction of sp³-hybridized carbons (Fsp3) is 0.188. The van der Waals surface area contributed by atoms with E-state index in [9.17, 15) is 9.90 Å². The van der Waals surface area contributed by atoms with Gasteiger partial charge in [0.15, 0.2) is 0 Å². The lowest BCUT2D eigenvalue weighted by Crippen LogP contribution is -2.25. The summed E-state index contributed by atoms with van der Waals surface area (Å²) in [6, 6.07) is 13.2. The molecule has 96 valence electrons. The molecular weight excluding hydrogens is 238 g/mol. The number of fused-ring (bicyclic) bond motifs is 1. The summed E-state index contributed by atoms with van der Waals surface area (Å²) in [5.74, 6) is -0.0658. The predicted molar refractivity (Wildman–Crippen MR) is 72.9 cm³/mol. The van der Waals surface area contributed by atoms with E-state index in [1.807, 2.05) is 31.2 Å². The van der Waals surface area contributed by atoms with Crippen LogP contribution in [0, 0.1) is 6.92 Å². The lowest BCUT2D eigenvalue weighted by Gasteiger charge is -2.16. The van der Waals surface area contributed by atoms with Gasteiger partial charge in [0.05, 0.1) is 5.56 Å². The molecule has 1 amide bonds. The van der Waals surface area contributed by atoms with Crippen LogP contribution in [0.5, 0.6) is 5.75 Å². The van der Waals surface area contributed by atoms with Gasteiger partial charge in [-0.1, -0.05) is 35.9 Å². The number of hydrogen-bond donors (Lipinski definition) is 1. The van der Waals surface area contributed by atoms with E-state index >= 15 is 0 Å². The van der Waals surface area contributed by atoms with Crippen LogP contribution in [0.1, 0.15) is 27.0 Å². The SMILES string of the molecule is Cc1ccc(O)c(C(=O)N2Cc3ccccc3C2)c1. The van der Waals surface area contributed by atoms with Crippen molar-refractivity contribution >= 4 is 5.91 Å². The summed E-state index contributed by atoms with van der Waals surface area (Å²) in [5, 5.41) is 9.84. The smallest absolute Gasteiger partial charge is 0.258 e. The Balaban J connectivity index is 1.89. The first kappa shape index (κ1) is 11.8. The molecule has 0 atom stereocenters. The molecule has 3 heteroatoms. The van der Waals surface area contributed by atoms with Gasteiger partial charge in [-0.25, -0.2) is 0 Å². The number of phenolic OH excluding ortho intramolecular Hbond substituents is 1. The van der Waals surface area contributed by atoms with E-state index in [1.54, 1.807) is 23.1 Å². The second-order valence-electron chi connectivity index (χ2n) is 4.95. The fourth-order valence-corrected chi connectivity index (χ4v) is 2.47. The van der Waals surface area contributed by atoms with Crippen molar-refractivity contribution in [3.63, 3.8) is 0 Å². The third-order valence-electron chi connectivity index (χ3n) is 3.51. The van der Waals surface area contributed by atoms with Gasteiger partial charge in [-0.2, -0.15) is 0 Å². The average molecular weight is 253 g/mol. The zero-order valence-electron chi connectivity index (χ0n) is 10.8. The molecule has 1 aliphatic rings. The minimum Gasteiger partial charge on any atom is -0.507 e. The van der Waals surface area contributed by atoms with Gasteiger partial charge in [-0.15, -0.1) is 0 Å². The van der Waals surface area contributed by atoms with Crippen LogP contribution >= 0.6 is 0 Å². The topological polar surface area (TPSA) is 40.5 Å². The first-order valence-electron chi connectivity index (χ1n) is 6.31. The number of aryl methyl sites for hydroxylation is 1. The van der Waals surface area contributed by atoms with Crippen molar-refractivity contribution in [2.24, 2.45) is 0 Å². The third-order valence-corrected chi connectivity index (χ3v) is 3.51. The van der Waals surface area contributed by atoms with E-state index in [4.69, 9.17) is 0 Å². The minimum absolute atomic E-state index is 0.0477. The summed E-state index contributed by atoms with van der Waals surface area (Å²) in [7, 11) is 0. The summed E-state index contributed by atoms with van der Waals surface area (Å²) in [4.78, 5) is 14.2. The summed E-state index contributed by atoms with van der Waals surface area (Å²) < 4.78 is 0. The van der Waals surface area contributed by atoms with Crippen LogP contribution in [0.15, 0.2) is 42.5 Å². The molecule has 2 aromatic rings. The monoisotopic (exact) mass is 253 g/mol. The van der Waals surface area contributed by atoms with Crippen molar-refractivity contribution in [2.45, 2.75) is 20.0 Å². The zero-order valence-corrected chi connectivity index (χ0v) is 10.8. The zero-order chi connectivity index (χ0) is 13.4. The van der Waals surface area contributed by atoms with E-state index < -0.39 is 0 Å². The Morgan fingerprint density at radius 3 is 2.37 bits per heavy atom. The second-order valence-corrected chi connectivity index (χ2v) is 4.95. The first-order chi connectivity index (χ1) is 9.15. The number of nitrogens with zero attached hydrogens (tertiary/aromatic N) is 1. The molecule has 1 N–H and O–H groups in total. The molecule has 0 aliphatic carbocycles. The second kappa shape index (κ2) is 4.43. The number of amides is 1. The van der Waals surface area contributed by atoms with Crippen LogP contribution in [0.4, 0.5) is 0 Å². The van der Waals surface area contributed by atoms with Gasteiger partial charge in [-0.3, -0.25) is 4.79 Å². The maximum atomic E-state index is 12.5. The van der Waals surface area contributed by atoms with E-state index in [0.29, 0.717) is 18.7 Å². The Hall–Kier alpha value is -2.29. The number of phenols is 1. The predicted octanol–water partition coefficient (Wildman–Crippen LogP) is 2.86. The summed E-state index contributed by atoms with van der Waals surface area (Å²) in [6.45, 7) is 3.14. The van der Waals surface area contributed by atoms with E-state index in [1.165, 1.54) is 11.1 Å². The summed E-state index contributed by atoms with van der Waals surface area (Å²) in [6.07, 6.45) is 0. The lowest BCUT2D eigenvalue weighted by atomic mass is 10.1. The quantitative estimate of drug-likeness (QED) is 0.849. The van der Waals surface area contributed by atoms with Gasteiger partial charge in [0.2, 0.25) is 0 Å². The number of benzene rings is 2. The highest BCUT2D eigenvalue weighted by atomic mass is 16.3. The number of carbonyl (C=O) groups is 1. The minimum atomic E-state index is -0.114. The molecule has 0 fully saturated rings. The molecule has 19 heavy (non-hydrogen) atoms. The normalized spacial score (nSPS) is 13.4.